The zero-order valence-corrected chi connectivity index (χ0v) is 16.8. The lowest BCUT2D eigenvalue weighted by Gasteiger charge is -2.12. The van der Waals surface area contributed by atoms with Gasteiger partial charge in [-0.15, -0.1) is 0 Å². The van der Waals surface area contributed by atoms with E-state index in [0.29, 0.717) is 17.1 Å². The molecule has 29 heavy (non-hydrogen) atoms. The molecule has 1 N–H and O–H groups in total. The van der Waals surface area contributed by atoms with Gasteiger partial charge in [0.2, 0.25) is 5.91 Å². The first-order chi connectivity index (χ1) is 13.8. The Morgan fingerprint density at radius 2 is 1.90 bits per heavy atom. The lowest BCUT2D eigenvalue weighted by Crippen LogP contribution is -2.32. The summed E-state index contributed by atoms with van der Waals surface area (Å²) in [6.45, 7) is 0. The highest BCUT2D eigenvalue weighted by molar-refractivity contribution is 7.99. The van der Waals surface area contributed by atoms with Crippen LogP contribution in [0, 0.1) is 0 Å². The van der Waals surface area contributed by atoms with Gasteiger partial charge in [0.1, 0.15) is 11.4 Å². The van der Waals surface area contributed by atoms with Gasteiger partial charge in [0.25, 0.3) is 0 Å². The maximum atomic E-state index is 13.3. The molecule has 0 saturated heterocycles. The van der Waals surface area contributed by atoms with Crippen molar-refractivity contribution in [3.05, 3.63) is 36.0 Å². The molecule has 0 bridgehead atoms. The molecule has 0 unspecified atom stereocenters. The van der Waals surface area contributed by atoms with Crippen LogP contribution in [0.1, 0.15) is 37.8 Å². The van der Waals surface area contributed by atoms with Gasteiger partial charge >= 0.3 is 6.18 Å². The van der Waals surface area contributed by atoms with E-state index in [1.807, 2.05) is 0 Å². The largest absolute Gasteiger partial charge is 0.497 e. The average molecular weight is 425 g/mol. The fraction of sp³-hybridized carbons (Fsp3) is 0.450. The number of hydrogen-bond acceptors (Lipinski definition) is 5. The van der Waals surface area contributed by atoms with Gasteiger partial charge in [-0.3, -0.25) is 4.79 Å². The highest BCUT2D eigenvalue weighted by Gasteiger charge is 2.34. The smallest absolute Gasteiger partial charge is 0.433 e. The summed E-state index contributed by atoms with van der Waals surface area (Å²) in [6.07, 6.45) is -0.169. The number of alkyl halides is 3. The summed E-state index contributed by atoms with van der Waals surface area (Å²) in [5.41, 5.74) is -0.302. The zero-order chi connectivity index (χ0) is 20.9. The second-order valence-corrected chi connectivity index (χ2v) is 7.86. The molecule has 156 valence electrons. The number of nitrogens with one attached hydrogen (secondary N) is 1. The number of halogens is 3. The lowest BCUT2D eigenvalue weighted by molar-refractivity contribution is -0.141. The molecule has 0 aliphatic heterocycles. The molecule has 1 aliphatic carbocycles. The van der Waals surface area contributed by atoms with E-state index in [2.05, 4.69) is 15.3 Å². The van der Waals surface area contributed by atoms with Gasteiger partial charge in [0, 0.05) is 23.8 Å². The van der Waals surface area contributed by atoms with E-state index in [-0.39, 0.29) is 29.2 Å². The Balaban J connectivity index is 1.70. The number of hydrogen-bond donors (Lipinski definition) is 1. The van der Waals surface area contributed by atoms with Crippen LogP contribution >= 0.6 is 11.8 Å². The Kier molecular flexibility index (Phi) is 7.00. The zero-order valence-electron chi connectivity index (χ0n) is 16.0. The highest BCUT2D eigenvalue weighted by Crippen LogP contribution is 2.32. The average Bonchev–Trinajstić information content (AvgIpc) is 3.20. The number of benzene rings is 1. The van der Waals surface area contributed by atoms with Crippen molar-refractivity contribution in [1.29, 1.82) is 0 Å². The quantitative estimate of drug-likeness (QED) is 0.514. The SMILES string of the molecule is COc1ccc(-c2cc(C(F)(F)F)nc(SCCC(=O)NC3CCCC3)n2)cc1. The molecular weight excluding hydrogens is 403 g/mol. The highest BCUT2D eigenvalue weighted by atomic mass is 32.2. The van der Waals surface area contributed by atoms with Gasteiger partial charge in [0.05, 0.1) is 12.8 Å². The Morgan fingerprint density at radius 3 is 2.52 bits per heavy atom. The topological polar surface area (TPSA) is 64.1 Å². The van der Waals surface area contributed by atoms with Crippen molar-refractivity contribution in [2.45, 2.75) is 49.5 Å². The first-order valence-corrected chi connectivity index (χ1v) is 10.4. The third-order valence-electron chi connectivity index (χ3n) is 4.66. The first kappa shape index (κ1) is 21.4. The standard InChI is InChI=1S/C20H22F3N3O2S/c1-28-15-8-6-13(7-9-15)16-12-17(20(21,22)23)26-19(25-16)29-11-10-18(27)24-14-4-2-3-5-14/h6-9,12,14H,2-5,10-11H2,1H3,(H,24,27). The number of ether oxygens (including phenoxy) is 1. The molecule has 1 heterocycles. The summed E-state index contributed by atoms with van der Waals surface area (Å²) in [5, 5.41) is 2.96. The van der Waals surface area contributed by atoms with Crippen molar-refractivity contribution >= 4 is 17.7 Å². The second-order valence-electron chi connectivity index (χ2n) is 6.79. The normalized spacial score (nSPS) is 14.8. The van der Waals surface area contributed by atoms with Gasteiger partial charge < -0.3 is 10.1 Å². The van der Waals surface area contributed by atoms with E-state index in [9.17, 15) is 18.0 Å². The number of nitrogens with zero attached hydrogens (tertiary/aromatic N) is 2. The van der Waals surface area contributed by atoms with Gasteiger partial charge in [-0.25, -0.2) is 9.97 Å². The van der Waals surface area contributed by atoms with Crippen LogP contribution in [-0.4, -0.2) is 34.8 Å². The summed E-state index contributed by atoms with van der Waals surface area (Å²) in [5.74, 6) is 0.815. The summed E-state index contributed by atoms with van der Waals surface area (Å²) in [7, 11) is 1.51. The summed E-state index contributed by atoms with van der Waals surface area (Å²) >= 11 is 1.05. The molecule has 0 atom stereocenters. The number of methoxy groups -OCH3 is 1. The molecule has 5 nitrogen and oxygen atoms in total. The van der Waals surface area contributed by atoms with Crippen molar-refractivity contribution in [3.8, 4) is 17.0 Å². The maximum Gasteiger partial charge on any atom is 0.433 e. The first-order valence-electron chi connectivity index (χ1n) is 9.38. The maximum absolute atomic E-state index is 13.3. The Morgan fingerprint density at radius 1 is 1.21 bits per heavy atom. The number of carbonyl (C=O) groups excluding carboxylic acids is 1. The Hall–Kier alpha value is -2.29. The second kappa shape index (κ2) is 9.47. The molecule has 1 aromatic carbocycles. The van der Waals surface area contributed by atoms with E-state index in [1.54, 1.807) is 24.3 Å². The minimum Gasteiger partial charge on any atom is -0.497 e. The van der Waals surface area contributed by atoms with Gasteiger partial charge in [-0.2, -0.15) is 13.2 Å². The Labute approximate surface area is 171 Å². The van der Waals surface area contributed by atoms with E-state index in [4.69, 9.17) is 4.74 Å². The van der Waals surface area contributed by atoms with Crippen LogP contribution in [0.5, 0.6) is 5.75 Å². The van der Waals surface area contributed by atoms with Crippen molar-refractivity contribution < 1.29 is 22.7 Å². The fourth-order valence-electron chi connectivity index (χ4n) is 3.15. The summed E-state index contributed by atoms with van der Waals surface area (Å²) < 4.78 is 44.9. The van der Waals surface area contributed by atoms with Crippen molar-refractivity contribution in [3.63, 3.8) is 0 Å². The van der Waals surface area contributed by atoms with E-state index >= 15 is 0 Å². The minimum atomic E-state index is -4.58. The number of aromatic nitrogens is 2. The van der Waals surface area contributed by atoms with Crippen LogP contribution < -0.4 is 10.1 Å². The molecule has 1 aliphatic rings. The van der Waals surface area contributed by atoms with Crippen LogP contribution in [0.2, 0.25) is 0 Å². The molecule has 0 spiro atoms. The number of amides is 1. The molecule has 1 saturated carbocycles. The van der Waals surface area contributed by atoms with Crippen LogP contribution in [0.4, 0.5) is 13.2 Å². The molecular formula is C20H22F3N3O2S. The van der Waals surface area contributed by atoms with Crippen molar-refractivity contribution in [1.82, 2.24) is 15.3 Å². The van der Waals surface area contributed by atoms with Crippen LogP contribution in [-0.2, 0) is 11.0 Å². The van der Waals surface area contributed by atoms with Crippen molar-refractivity contribution in [2.24, 2.45) is 0 Å². The van der Waals surface area contributed by atoms with Crippen LogP contribution in [0.25, 0.3) is 11.3 Å². The molecule has 1 aromatic heterocycles. The molecule has 9 heteroatoms. The Bertz CT molecular complexity index is 838. The third kappa shape index (κ3) is 6.09. The summed E-state index contributed by atoms with van der Waals surface area (Å²) in [4.78, 5) is 19.9. The molecule has 2 aromatic rings. The number of rotatable bonds is 7. The monoisotopic (exact) mass is 425 g/mol. The fourth-order valence-corrected chi connectivity index (χ4v) is 3.95. The molecule has 3 rings (SSSR count). The van der Waals surface area contributed by atoms with E-state index < -0.39 is 11.9 Å². The number of thioether (sulfide) groups is 1. The van der Waals surface area contributed by atoms with Gasteiger partial charge in [0.15, 0.2) is 5.16 Å². The molecule has 0 radical (unpaired) electrons. The third-order valence-corrected chi connectivity index (χ3v) is 5.51. The van der Waals surface area contributed by atoms with Crippen molar-refractivity contribution in [2.75, 3.05) is 12.9 Å². The summed E-state index contributed by atoms with van der Waals surface area (Å²) in [6, 6.07) is 7.75. The molecule has 1 amide bonds. The minimum absolute atomic E-state index is 0.000639. The number of carbonyl (C=O) groups is 1. The molecule has 1 fully saturated rings. The lowest BCUT2D eigenvalue weighted by atomic mass is 10.1. The van der Waals surface area contributed by atoms with Gasteiger partial charge in [-0.1, -0.05) is 24.6 Å². The van der Waals surface area contributed by atoms with E-state index in [1.165, 1.54) is 7.11 Å². The predicted octanol–water partition coefficient (Wildman–Crippen LogP) is 4.71. The van der Waals surface area contributed by atoms with Crippen LogP contribution in [0.15, 0.2) is 35.5 Å². The van der Waals surface area contributed by atoms with Crippen LogP contribution in [0.3, 0.4) is 0 Å². The van der Waals surface area contributed by atoms with E-state index in [0.717, 1.165) is 43.5 Å². The van der Waals surface area contributed by atoms with Gasteiger partial charge in [-0.05, 0) is 43.2 Å². The predicted molar refractivity (Wildman–Crippen MR) is 105 cm³/mol.